The van der Waals surface area contributed by atoms with Crippen molar-refractivity contribution in [2.45, 2.75) is 52.5 Å². The molecule has 1 fully saturated rings. The van der Waals surface area contributed by atoms with Gasteiger partial charge in [0.1, 0.15) is 0 Å². The minimum absolute atomic E-state index is 0.421. The summed E-state index contributed by atoms with van der Waals surface area (Å²) in [6.07, 6.45) is 9.63. The van der Waals surface area contributed by atoms with Gasteiger partial charge >= 0.3 is 0 Å². The van der Waals surface area contributed by atoms with E-state index in [0.717, 1.165) is 17.4 Å². The number of aromatic nitrogens is 2. The van der Waals surface area contributed by atoms with Crippen molar-refractivity contribution in [3.63, 3.8) is 0 Å². The fourth-order valence-corrected chi connectivity index (χ4v) is 4.72. The average molecular weight is 294 g/mol. The fourth-order valence-electron chi connectivity index (χ4n) is 4.72. The van der Waals surface area contributed by atoms with E-state index >= 15 is 0 Å². The number of rotatable bonds is 1. The number of imidazole rings is 1. The van der Waals surface area contributed by atoms with Crippen molar-refractivity contribution in [3.8, 4) is 0 Å². The summed E-state index contributed by atoms with van der Waals surface area (Å²) in [6.45, 7) is 7.38. The zero-order chi connectivity index (χ0) is 15.3. The monoisotopic (exact) mass is 294 g/mol. The van der Waals surface area contributed by atoms with Crippen molar-refractivity contribution in [2.75, 3.05) is 0 Å². The Morgan fingerprint density at radius 2 is 2.05 bits per heavy atom. The van der Waals surface area contributed by atoms with E-state index in [-0.39, 0.29) is 0 Å². The molecule has 22 heavy (non-hydrogen) atoms. The van der Waals surface area contributed by atoms with E-state index in [2.05, 4.69) is 60.7 Å². The largest absolute Gasteiger partial charge is 0.327 e. The Labute approximate surface area is 133 Å². The van der Waals surface area contributed by atoms with E-state index < -0.39 is 0 Å². The van der Waals surface area contributed by atoms with Gasteiger partial charge in [-0.15, -0.1) is 0 Å². The van der Waals surface area contributed by atoms with Gasteiger partial charge in [-0.2, -0.15) is 0 Å². The summed E-state index contributed by atoms with van der Waals surface area (Å²) < 4.78 is 2.42. The molecule has 1 aromatic carbocycles. The normalized spacial score (nSPS) is 35.2. The molecule has 0 radical (unpaired) electrons. The maximum absolute atomic E-state index is 4.59. The minimum Gasteiger partial charge on any atom is -0.327 e. The third kappa shape index (κ3) is 1.96. The molecule has 2 aliphatic carbocycles. The summed E-state index contributed by atoms with van der Waals surface area (Å²) in [4.78, 5) is 4.59. The Bertz CT molecular complexity index is 726. The van der Waals surface area contributed by atoms with Crippen LogP contribution in [0.1, 0.15) is 52.5 Å². The smallest absolute Gasteiger partial charge is 0.0961 e. The van der Waals surface area contributed by atoms with Gasteiger partial charge in [-0.05, 0) is 55.1 Å². The molecular weight excluding hydrogens is 268 g/mol. The second-order valence-corrected chi connectivity index (χ2v) is 7.69. The molecule has 0 spiro atoms. The van der Waals surface area contributed by atoms with Gasteiger partial charge in [0.2, 0.25) is 0 Å². The molecule has 0 aliphatic heterocycles. The van der Waals surface area contributed by atoms with Crippen molar-refractivity contribution in [1.82, 2.24) is 9.55 Å². The highest BCUT2D eigenvalue weighted by atomic mass is 15.1. The third-order valence-electron chi connectivity index (χ3n) is 6.66. The van der Waals surface area contributed by atoms with Crippen LogP contribution in [-0.2, 0) is 0 Å². The van der Waals surface area contributed by atoms with E-state index in [1.165, 1.54) is 31.2 Å². The second kappa shape index (κ2) is 4.97. The van der Waals surface area contributed by atoms with Gasteiger partial charge in [-0.3, -0.25) is 0 Å². The minimum atomic E-state index is 0.421. The first-order valence-electron chi connectivity index (χ1n) is 8.70. The Morgan fingerprint density at radius 1 is 1.23 bits per heavy atom. The van der Waals surface area contributed by atoms with Crippen molar-refractivity contribution in [1.29, 1.82) is 0 Å². The van der Waals surface area contributed by atoms with Crippen LogP contribution in [0.15, 0.2) is 42.2 Å². The standard InChI is InChI=1S/C20H26N2/c1-14-8-9-16-12-17(10-11-20(16,3)15(14)2)22-13-21-18-6-4-5-7-19(18)22/h4-7,9,13-15,17H,8,10-12H2,1-3H3/t14?,15?,17-,20-/m1/s1. The van der Waals surface area contributed by atoms with Crippen LogP contribution in [0.4, 0.5) is 0 Å². The van der Waals surface area contributed by atoms with Crippen LogP contribution in [0.3, 0.4) is 0 Å². The van der Waals surface area contributed by atoms with Crippen LogP contribution in [-0.4, -0.2) is 9.55 Å². The average Bonchev–Trinajstić information content (AvgIpc) is 2.96. The van der Waals surface area contributed by atoms with Gasteiger partial charge in [0.15, 0.2) is 0 Å². The number of hydrogen-bond donors (Lipinski definition) is 0. The van der Waals surface area contributed by atoms with Crippen LogP contribution in [0.25, 0.3) is 11.0 Å². The van der Waals surface area contributed by atoms with Crippen LogP contribution in [0.5, 0.6) is 0 Å². The van der Waals surface area contributed by atoms with Crippen molar-refractivity contribution >= 4 is 11.0 Å². The molecule has 0 amide bonds. The highest BCUT2D eigenvalue weighted by molar-refractivity contribution is 5.75. The van der Waals surface area contributed by atoms with Crippen molar-refractivity contribution in [2.24, 2.45) is 17.3 Å². The number of benzene rings is 1. The molecule has 0 saturated heterocycles. The summed E-state index contributed by atoms with van der Waals surface area (Å²) in [5.74, 6) is 1.62. The zero-order valence-electron chi connectivity index (χ0n) is 13.9. The molecule has 2 nitrogen and oxygen atoms in total. The Morgan fingerprint density at radius 3 is 2.91 bits per heavy atom. The fraction of sp³-hybridized carbons (Fsp3) is 0.550. The first kappa shape index (κ1) is 14.0. The lowest BCUT2D eigenvalue weighted by Crippen LogP contribution is -2.39. The number of allylic oxidation sites excluding steroid dienone is 2. The summed E-state index contributed by atoms with van der Waals surface area (Å²) in [5, 5.41) is 0. The molecule has 1 aromatic heterocycles. The lowest BCUT2D eigenvalue weighted by molar-refractivity contribution is 0.116. The number of hydrogen-bond acceptors (Lipinski definition) is 1. The number of nitrogens with zero attached hydrogens (tertiary/aromatic N) is 2. The molecule has 0 bridgehead atoms. The SMILES string of the molecule is CC1CC=C2C[C@H](n3cnc4ccccc43)CC[C@]2(C)C1C. The van der Waals surface area contributed by atoms with Gasteiger partial charge in [0.25, 0.3) is 0 Å². The molecule has 116 valence electrons. The molecule has 4 atom stereocenters. The highest BCUT2D eigenvalue weighted by Gasteiger charge is 2.43. The molecular formula is C20H26N2. The second-order valence-electron chi connectivity index (χ2n) is 7.69. The maximum Gasteiger partial charge on any atom is 0.0961 e. The Balaban J connectivity index is 1.68. The highest BCUT2D eigenvalue weighted by Crippen LogP contribution is 2.54. The van der Waals surface area contributed by atoms with E-state index in [0.29, 0.717) is 11.5 Å². The van der Waals surface area contributed by atoms with Crippen LogP contribution >= 0.6 is 0 Å². The molecule has 0 N–H and O–H groups in total. The topological polar surface area (TPSA) is 17.8 Å². The summed E-state index contributed by atoms with van der Waals surface area (Å²) in [7, 11) is 0. The van der Waals surface area contributed by atoms with Crippen molar-refractivity contribution < 1.29 is 0 Å². The van der Waals surface area contributed by atoms with Gasteiger partial charge in [0, 0.05) is 6.04 Å². The van der Waals surface area contributed by atoms with Gasteiger partial charge in [-0.25, -0.2) is 4.98 Å². The lowest BCUT2D eigenvalue weighted by atomic mass is 9.57. The molecule has 4 rings (SSSR count). The molecule has 1 saturated carbocycles. The molecule has 2 unspecified atom stereocenters. The van der Waals surface area contributed by atoms with Crippen LogP contribution in [0.2, 0.25) is 0 Å². The molecule has 1 heterocycles. The maximum atomic E-state index is 4.59. The van der Waals surface area contributed by atoms with Crippen molar-refractivity contribution in [3.05, 3.63) is 42.2 Å². The summed E-state index contributed by atoms with van der Waals surface area (Å²) in [5.41, 5.74) is 4.53. The molecule has 2 aromatic rings. The summed E-state index contributed by atoms with van der Waals surface area (Å²) in [6, 6.07) is 9.09. The van der Waals surface area contributed by atoms with Gasteiger partial charge in [0.05, 0.1) is 17.4 Å². The van der Waals surface area contributed by atoms with Gasteiger partial charge < -0.3 is 4.57 Å². The predicted molar refractivity (Wildman–Crippen MR) is 91.8 cm³/mol. The zero-order valence-corrected chi connectivity index (χ0v) is 13.9. The Hall–Kier alpha value is -1.57. The van der Waals surface area contributed by atoms with Gasteiger partial charge in [-0.1, -0.05) is 44.6 Å². The lowest BCUT2D eigenvalue weighted by Gasteiger charge is -2.49. The van der Waals surface area contributed by atoms with Crippen LogP contribution < -0.4 is 0 Å². The Kier molecular flexibility index (Phi) is 3.18. The van der Waals surface area contributed by atoms with Crippen LogP contribution in [0, 0.1) is 17.3 Å². The first-order chi connectivity index (χ1) is 10.6. The predicted octanol–water partition coefficient (Wildman–Crippen LogP) is 5.37. The van der Waals surface area contributed by atoms with E-state index in [9.17, 15) is 0 Å². The van der Waals surface area contributed by atoms with E-state index in [4.69, 9.17) is 0 Å². The number of para-hydroxylation sites is 2. The number of fused-ring (bicyclic) bond motifs is 2. The van der Waals surface area contributed by atoms with E-state index in [1.807, 2.05) is 6.33 Å². The van der Waals surface area contributed by atoms with E-state index in [1.54, 1.807) is 5.57 Å². The summed E-state index contributed by atoms with van der Waals surface area (Å²) >= 11 is 0. The third-order valence-corrected chi connectivity index (χ3v) is 6.66. The quantitative estimate of drug-likeness (QED) is 0.646. The first-order valence-corrected chi connectivity index (χ1v) is 8.70. The molecule has 2 heteroatoms. The molecule has 2 aliphatic rings.